The number of allylic oxidation sites excluding steroid dienone is 1. The first-order valence-electron chi connectivity index (χ1n) is 8.20. The monoisotopic (exact) mass is 398 g/mol. The molecule has 0 aliphatic rings. The lowest BCUT2D eigenvalue weighted by Crippen LogP contribution is -2.11. The molecular formula is C18H21F3N4OS. The predicted molar refractivity (Wildman–Crippen MR) is 102 cm³/mol. The third-order valence-corrected chi connectivity index (χ3v) is 4.59. The maximum absolute atomic E-state index is 13.3. The van der Waals surface area contributed by atoms with Gasteiger partial charge in [0, 0.05) is 23.3 Å². The van der Waals surface area contributed by atoms with Crippen LogP contribution in [0.15, 0.2) is 27.8 Å². The molecule has 0 atom stereocenters. The van der Waals surface area contributed by atoms with E-state index in [1.165, 1.54) is 31.8 Å². The Bertz CT molecular complexity index is 897. The van der Waals surface area contributed by atoms with Crippen molar-refractivity contribution in [2.75, 3.05) is 5.75 Å². The molecule has 0 spiro atoms. The third-order valence-electron chi connectivity index (χ3n) is 3.68. The van der Waals surface area contributed by atoms with Gasteiger partial charge < -0.3 is 9.67 Å². The lowest BCUT2D eigenvalue weighted by atomic mass is 10.2. The second kappa shape index (κ2) is 8.16. The first kappa shape index (κ1) is 21.0. The van der Waals surface area contributed by atoms with Crippen molar-refractivity contribution in [2.45, 2.75) is 38.8 Å². The van der Waals surface area contributed by atoms with Crippen LogP contribution in [0.1, 0.15) is 32.2 Å². The van der Waals surface area contributed by atoms with E-state index in [1.807, 2.05) is 6.92 Å². The lowest BCUT2D eigenvalue weighted by Gasteiger charge is -2.08. The number of nitrogens with zero attached hydrogens (tertiary/aromatic N) is 4. The standard InChI is InChI=1S/C18H21F3N4OS/c1-6-27-14-7-12(26)9-22-16(14)17-24-13(11(4)25(17)5)8-15(18(19,20)21)23-10(2)3/h7-9,26H,6H2,1-5H3/b15-8-. The number of aliphatic imine (C=N–C) groups is 1. The van der Waals surface area contributed by atoms with Crippen molar-refractivity contribution in [3.8, 4) is 17.3 Å². The van der Waals surface area contributed by atoms with Crippen LogP contribution in [0.25, 0.3) is 17.6 Å². The molecule has 2 rings (SSSR count). The van der Waals surface area contributed by atoms with E-state index in [4.69, 9.17) is 0 Å². The molecular weight excluding hydrogens is 377 g/mol. The summed E-state index contributed by atoms with van der Waals surface area (Å²) in [6.07, 6.45) is -2.35. The molecule has 5 nitrogen and oxygen atoms in total. The molecule has 2 heterocycles. The summed E-state index contributed by atoms with van der Waals surface area (Å²) in [7, 11) is 1.71. The molecule has 0 fully saturated rings. The van der Waals surface area contributed by atoms with Crippen molar-refractivity contribution in [3.05, 3.63) is 29.3 Å². The number of rotatable bonds is 5. The van der Waals surface area contributed by atoms with Crippen molar-refractivity contribution in [1.82, 2.24) is 14.5 Å². The minimum Gasteiger partial charge on any atom is -0.506 e. The van der Waals surface area contributed by atoms with Crippen LogP contribution in [0.2, 0.25) is 0 Å². The SMILES string of the molecule is CCSc1cc(O)cnc1-c1nc(/C=C(\N=C(C)C)C(F)(F)F)c(C)n1C. The van der Waals surface area contributed by atoms with Gasteiger partial charge in [-0.3, -0.25) is 4.99 Å². The summed E-state index contributed by atoms with van der Waals surface area (Å²) < 4.78 is 41.5. The highest BCUT2D eigenvalue weighted by atomic mass is 32.2. The maximum atomic E-state index is 13.3. The number of aromatic hydroxyl groups is 1. The number of hydrogen-bond donors (Lipinski definition) is 1. The van der Waals surface area contributed by atoms with E-state index in [9.17, 15) is 18.3 Å². The molecule has 146 valence electrons. The van der Waals surface area contributed by atoms with E-state index in [1.54, 1.807) is 24.6 Å². The Labute approximate surface area is 160 Å². The van der Waals surface area contributed by atoms with Gasteiger partial charge in [-0.1, -0.05) is 6.92 Å². The van der Waals surface area contributed by atoms with Gasteiger partial charge in [-0.25, -0.2) is 9.97 Å². The van der Waals surface area contributed by atoms with Gasteiger partial charge in [0.15, 0.2) is 5.82 Å². The van der Waals surface area contributed by atoms with Crippen LogP contribution in [0, 0.1) is 6.92 Å². The fraction of sp³-hybridized carbons (Fsp3) is 0.389. The van der Waals surface area contributed by atoms with Gasteiger partial charge in [-0.05, 0) is 38.7 Å². The number of pyridine rings is 1. The van der Waals surface area contributed by atoms with Crippen LogP contribution in [-0.2, 0) is 7.05 Å². The largest absolute Gasteiger partial charge is 0.506 e. The van der Waals surface area contributed by atoms with E-state index in [0.717, 1.165) is 11.8 Å². The normalized spacial score (nSPS) is 12.4. The summed E-state index contributed by atoms with van der Waals surface area (Å²) in [6.45, 7) is 6.65. The molecule has 27 heavy (non-hydrogen) atoms. The molecule has 0 saturated carbocycles. The quantitative estimate of drug-likeness (QED) is 0.569. The molecule has 0 aliphatic heterocycles. The van der Waals surface area contributed by atoms with E-state index in [-0.39, 0.29) is 11.4 Å². The van der Waals surface area contributed by atoms with Crippen LogP contribution in [0.4, 0.5) is 13.2 Å². The summed E-state index contributed by atoms with van der Waals surface area (Å²) in [4.78, 5) is 12.9. The maximum Gasteiger partial charge on any atom is 0.433 e. The molecule has 2 aromatic heterocycles. The minimum absolute atomic E-state index is 0.0212. The van der Waals surface area contributed by atoms with Gasteiger partial charge in [0.1, 0.15) is 17.1 Å². The zero-order valence-corrected chi connectivity index (χ0v) is 16.5. The van der Waals surface area contributed by atoms with E-state index < -0.39 is 11.9 Å². The van der Waals surface area contributed by atoms with E-state index >= 15 is 0 Å². The van der Waals surface area contributed by atoms with Gasteiger partial charge in [0.2, 0.25) is 0 Å². The van der Waals surface area contributed by atoms with E-state index in [0.29, 0.717) is 27.8 Å². The fourth-order valence-electron chi connectivity index (χ4n) is 2.36. The molecule has 9 heteroatoms. The zero-order chi connectivity index (χ0) is 20.4. The second-order valence-electron chi connectivity index (χ2n) is 6.02. The van der Waals surface area contributed by atoms with Gasteiger partial charge in [-0.15, -0.1) is 11.8 Å². The Balaban J connectivity index is 2.63. The molecule has 0 aromatic carbocycles. The highest BCUT2D eigenvalue weighted by Gasteiger charge is 2.34. The van der Waals surface area contributed by atoms with Gasteiger partial charge in [-0.2, -0.15) is 13.2 Å². The molecule has 0 amide bonds. The first-order valence-corrected chi connectivity index (χ1v) is 9.19. The summed E-state index contributed by atoms with van der Waals surface area (Å²) in [5.74, 6) is 1.19. The van der Waals surface area contributed by atoms with Crippen molar-refractivity contribution in [3.63, 3.8) is 0 Å². The third kappa shape index (κ3) is 4.91. The summed E-state index contributed by atoms with van der Waals surface area (Å²) in [5.41, 5.74) is 0.532. The Morgan fingerprint density at radius 2 is 2.04 bits per heavy atom. The zero-order valence-electron chi connectivity index (χ0n) is 15.7. The average molecular weight is 398 g/mol. The summed E-state index contributed by atoms with van der Waals surface area (Å²) >= 11 is 1.47. The van der Waals surface area contributed by atoms with Gasteiger partial charge in [0.05, 0.1) is 11.9 Å². The smallest absolute Gasteiger partial charge is 0.433 e. The second-order valence-corrected chi connectivity index (χ2v) is 7.33. The average Bonchev–Trinajstić information content (AvgIpc) is 2.82. The summed E-state index contributed by atoms with van der Waals surface area (Å²) in [6, 6.07) is 1.57. The Morgan fingerprint density at radius 1 is 1.37 bits per heavy atom. The highest BCUT2D eigenvalue weighted by Crippen LogP contribution is 2.34. The van der Waals surface area contributed by atoms with Crippen molar-refractivity contribution >= 4 is 23.5 Å². The molecule has 0 aliphatic carbocycles. The number of hydrogen-bond acceptors (Lipinski definition) is 5. The predicted octanol–water partition coefficient (Wildman–Crippen LogP) is 4.99. The minimum atomic E-state index is -4.58. The Hall–Kier alpha value is -2.29. The first-order chi connectivity index (χ1) is 12.5. The van der Waals surface area contributed by atoms with Crippen LogP contribution in [-0.4, -0.2) is 37.3 Å². The number of imidazole rings is 1. The van der Waals surface area contributed by atoms with Crippen molar-refractivity contribution in [2.24, 2.45) is 12.0 Å². The topological polar surface area (TPSA) is 63.3 Å². The molecule has 0 bridgehead atoms. The van der Waals surface area contributed by atoms with Crippen molar-refractivity contribution < 1.29 is 18.3 Å². The van der Waals surface area contributed by atoms with Crippen LogP contribution in [0.5, 0.6) is 5.75 Å². The number of halogens is 3. The van der Waals surface area contributed by atoms with E-state index in [2.05, 4.69) is 15.0 Å². The fourth-order valence-corrected chi connectivity index (χ4v) is 3.16. The number of aromatic nitrogens is 3. The van der Waals surface area contributed by atoms with Crippen LogP contribution < -0.4 is 0 Å². The number of alkyl halides is 3. The molecule has 2 aromatic rings. The lowest BCUT2D eigenvalue weighted by molar-refractivity contribution is -0.0913. The molecule has 1 N–H and O–H groups in total. The Kier molecular flexibility index (Phi) is 6.35. The molecule has 0 saturated heterocycles. The Morgan fingerprint density at radius 3 is 2.59 bits per heavy atom. The van der Waals surface area contributed by atoms with Gasteiger partial charge in [0.25, 0.3) is 0 Å². The van der Waals surface area contributed by atoms with Crippen molar-refractivity contribution in [1.29, 1.82) is 0 Å². The molecule has 0 unspecified atom stereocenters. The van der Waals surface area contributed by atoms with Crippen LogP contribution >= 0.6 is 11.8 Å². The molecule has 0 radical (unpaired) electrons. The van der Waals surface area contributed by atoms with Crippen LogP contribution in [0.3, 0.4) is 0 Å². The highest BCUT2D eigenvalue weighted by molar-refractivity contribution is 7.99. The summed E-state index contributed by atoms with van der Waals surface area (Å²) in [5, 5.41) is 9.68. The number of thioether (sulfide) groups is 1. The van der Waals surface area contributed by atoms with Gasteiger partial charge >= 0.3 is 6.18 Å².